The van der Waals surface area contributed by atoms with Crippen LogP contribution in [0.3, 0.4) is 0 Å². The summed E-state index contributed by atoms with van der Waals surface area (Å²) in [5.41, 5.74) is 0. The van der Waals surface area contributed by atoms with E-state index in [1.807, 2.05) is 0 Å². The molecule has 0 aliphatic carbocycles. The van der Waals surface area contributed by atoms with E-state index in [2.05, 4.69) is 34.6 Å². The van der Waals surface area contributed by atoms with Gasteiger partial charge in [0.1, 0.15) is 0 Å². The first-order chi connectivity index (χ1) is 8.74. The summed E-state index contributed by atoms with van der Waals surface area (Å²) >= 11 is 0. The van der Waals surface area contributed by atoms with Crippen LogP contribution in [0.15, 0.2) is 0 Å². The first-order valence-electron chi connectivity index (χ1n) is 8.23. The fraction of sp³-hybridized carbons (Fsp3) is 1.00. The Hall–Kier alpha value is 0.860. The summed E-state index contributed by atoms with van der Waals surface area (Å²) in [5.74, 6) is 0. The maximum atomic E-state index is 2.43. The summed E-state index contributed by atoms with van der Waals surface area (Å²) in [4.78, 5) is 0. The van der Waals surface area contributed by atoms with Gasteiger partial charge >= 0.3 is 0 Å². The number of unbranched alkanes of at least 4 members (excludes halogenated alkanes) is 4. The molecular weight excluding hydrogens is 254 g/mol. The Labute approximate surface area is 119 Å². The largest absolute Gasteiger partial charge is 0.0997 e. The average Bonchev–Trinajstić information content (AvgIpc) is 2.40. The van der Waals surface area contributed by atoms with Crippen molar-refractivity contribution in [3.8, 4) is 0 Å². The van der Waals surface area contributed by atoms with Crippen LogP contribution in [0.5, 0.6) is 0 Å². The van der Waals surface area contributed by atoms with Crippen LogP contribution in [0, 0.1) is 0 Å². The lowest BCUT2D eigenvalue weighted by Gasteiger charge is -2.33. The van der Waals surface area contributed by atoms with Crippen LogP contribution >= 0.6 is 15.8 Å². The fourth-order valence-electron chi connectivity index (χ4n) is 2.82. The normalized spacial score (nSPS) is 12.0. The molecule has 0 spiro atoms. The highest BCUT2D eigenvalue weighted by Gasteiger charge is 2.23. The van der Waals surface area contributed by atoms with E-state index in [0.717, 1.165) is 5.40 Å². The molecule has 0 aromatic carbocycles. The van der Waals surface area contributed by atoms with Crippen LogP contribution in [-0.2, 0) is 0 Å². The summed E-state index contributed by atoms with van der Waals surface area (Å²) in [7, 11) is 0.667. The molecule has 0 radical (unpaired) electrons. The molecule has 0 nitrogen and oxygen atoms in total. The lowest BCUT2D eigenvalue weighted by Crippen LogP contribution is -2.09. The minimum atomic E-state index is 0.334. The van der Waals surface area contributed by atoms with Gasteiger partial charge in [-0.05, 0) is 36.5 Å². The Kier molecular flexibility index (Phi) is 13.5. The molecule has 18 heavy (non-hydrogen) atoms. The van der Waals surface area contributed by atoms with Crippen LogP contribution < -0.4 is 0 Å². The van der Waals surface area contributed by atoms with Crippen LogP contribution in [0.25, 0.3) is 0 Å². The predicted octanol–water partition coefficient (Wildman–Crippen LogP) is 6.72. The van der Waals surface area contributed by atoms with Crippen molar-refractivity contribution in [1.29, 1.82) is 0 Å². The second-order valence-corrected chi connectivity index (χ2v) is 11.7. The molecule has 0 fully saturated rings. The minimum absolute atomic E-state index is 0.334. The standard InChI is InChI=1S/C16H36P2/c1-6-11-12-13-14-15-16(17(7-2)8-3)18(9-4)10-5/h16H,6-15H2,1-5H3. The lowest BCUT2D eigenvalue weighted by molar-refractivity contribution is 0.620. The molecule has 0 aromatic heterocycles. The SMILES string of the molecule is CCCCCCCC(P(CC)CC)P(CC)CC. The molecule has 0 unspecified atom stereocenters. The van der Waals surface area contributed by atoms with Gasteiger partial charge in [0, 0.05) is 0 Å². The average molecular weight is 290 g/mol. The highest BCUT2D eigenvalue weighted by molar-refractivity contribution is 7.75. The molecule has 0 saturated carbocycles. The van der Waals surface area contributed by atoms with Gasteiger partial charge in [0.25, 0.3) is 0 Å². The van der Waals surface area contributed by atoms with Crippen LogP contribution in [0.2, 0.25) is 0 Å². The molecule has 0 aliphatic rings. The van der Waals surface area contributed by atoms with Crippen molar-refractivity contribution in [2.45, 2.75) is 78.5 Å². The zero-order valence-corrected chi connectivity index (χ0v) is 15.3. The topological polar surface area (TPSA) is 0 Å². The van der Waals surface area contributed by atoms with Crippen molar-refractivity contribution in [2.24, 2.45) is 0 Å². The molecule has 0 N–H and O–H groups in total. The van der Waals surface area contributed by atoms with Gasteiger partial charge in [-0.25, -0.2) is 0 Å². The molecule has 0 heterocycles. The molecule has 0 aliphatic heterocycles. The second kappa shape index (κ2) is 12.9. The number of hydrogen-bond donors (Lipinski definition) is 0. The molecule has 0 atom stereocenters. The quantitative estimate of drug-likeness (QED) is 0.276. The third-order valence-corrected chi connectivity index (χ3v) is 11.4. The van der Waals surface area contributed by atoms with Gasteiger partial charge < -0.3 is 0 Å². The molecule has 0 saturated heterocycles. The lowest BCUT2D eigenvalue weighted by atomic mass is 10.1. The molecule has 110 valence electrons. The predicted molar refractivity (Wildman–Crippen MR) is 93.2 cm³/mol. The van der Waals surface area contributed by atoms with Crippen molar-refractivity contribution >= 4 is 15.8 Å². The summed E-state index contributed by atoms with van der Waals surface area (Å²) in [6, 6.07) is 0. The van der Waals surface area contributed by atoms with E-state index in [-0.39, 0.29) is 0 Å². The number of hydrogen-bond acceptors (Lipinski definition) is 0. The summed E-state index contributed by atoms with van der Waals surface area (Å²) in [5, 5.41) is 1.13. The Balaban J connectivity index is 4.19. The van der Waals surface area contributed by atoms with Crippen molar-refractivity contribution in [3.05, 3.63) is 0 Å². The molecule has 0 amide bonds. The van der Waals surface area contributed by atoms with Crippen molar-refractivity contribution in [1.82, 2.24) is 0 Å². The Morgan fingerprint density at radius 3 is 1.44 bits per heavy atom. The maximum absolute atomic E-state index is 2.43. The highest BCUT2D eigenvalue weighted by Crippen LogP contribution is 2.59. The first kappa shape index (κ1) is 18.9. The summed E-state index contributed by atoms with van der Waals surface area (Å²) in [6.45, 7) is 12.0. The van der Waals surface area contributed by atoms with Gasteiger partial charge in [-0.15, -0.1) is 0 Å². The Morgan fingerprint density at radius 1 is 0.611 bits per heavy atom. The monoisotopic (exact) mass is 290 g/mol. The van der Waals surface area contributed by atoms with Crippen LogP contribution in [0.1, 0.15) is 73.1 Å². The van der Waals surface area contributed by atoms with E-state index in [9.17, 15) is 0 Å². The van der Waals surface area contributed by atoms with Gasteiger partial charge in [-0.2, -0.15) is 0 Å². The summed E-state index contributed by atoms with van der Waals surface area (Å²) in [6.07, 6.45) is 14.7. The van der Waals surface area contributed by atoms with Gasteiger partial charge in [-0.1, -0.05) is 82.6 Å². The minimum Gasteiger partial charge on any atom is -0.0997 e. The van der Waals surface area contributed by atoms with Crippen LogP contribution in [0.4, 0.5) is 0 Å². The van der Waals surface area contributed by atoms with Gasteiger partial charge in [0.05, 0.1) is 0 Å². The van der Waals surface area contributed by atoms with Crippen molar-refractivity contribution in [3.63, 3.8) is 0 Å². The molecular formula is C16H36P2. The zero-order chi connectivity index (χ0) is 13.8. The Morgan fingerprint density at radius 2 is 1.06 bits per heavy atom. The smallest absolute Gasteiger partial charge is 0.000620 e. The second-order valence-electron chi connectivity index (χ2n) is 5.13. The van der Waals surface area contributed by atoms with E-state index >= 15 is 0 Å². The third-order valence-electron chi connectivity index (χ3n) is 4.03. The van der Waals surface area contributed by atoms with E-state index in [1.165, 1.54) is 56.8 Å². The van der Waals surface area contributed by atoms with E-state index in [1.54, 1.807) is 6.42 Å². The van der Waals surface area contributed by atoms with Crippen molar-refractivity contribution < 1.29 is 0 Å². The fourth-order valence-corrected chi connectivity index (χ4v) is 10.3. The van der Waals surface area contributed by atoms with E-state index in [4.69, 9.17) is 0 Å². The third kappa shape index (κ3) is 7.45. The zero-order valence-electron chi connectivity index (χ0n) is 13.5. The highest BCUT2D eigenvalue weighted by atomic mass is 31.2. The van der Waals surface area contributed by atoms with Crippen LogP contribution in [-0.4, -0.2) is 30.0 Å². The van der Waals surface area contributed by atoms with Crippen molar-refractivity contribution in [2.75, 3.05) is 24.6 Å². The van der Waals surface area contributed by atoms with Gasteiger partial charge in [0.2, 0.25) is 0 Å². The van der Waals surface area contributed by atoms with E-state index < -0.39 is 0 Å². The number of rotatable bonds is 12. The molecule has 0 rings (SSSR count). The van der Waals surface area contributed by atoms with E-state index in [0.29, 0.717) is 15.8 Å². The Bertz CT molecular complexity index is 150. The first-order valence-corrected chi connectivity index (χ1v) is 11.8. The maximum Gasteiger partial charge on any atom is -0.000620 e. The van der Waals surface area contributed by atoms with Gasteiger partial charge in [-0.3, -0.25) is 0 Å². The summed E-state index contributed by atoms with van der Waals surface area (Å²) < 4.78 is 0. The molecule has 2 heteroatoms. The van der Waals surface area contributed by atoms with Gasteiger partial charge in [0.15, 0.2) is 0 Å². The molecule has 0 bridgehead atoms. The molecule has 0 aromatic rings.